The van der Waals surface area contributed by atoms with Crippen molar-refractivity contribution in [3.8, 4) is 0 Å². The zero-order valence-corrected chi connectivity index (χ0v) is 11.4. The van der Waals surface area contributed by atoms with Crippen LogP contribution >= 0.6 is 0 Å². The highest BCUT2D eigenvalue weighted by molar-refractivity contribution is 7.90. The molecule has 0 spiro atoms. The van der Waals surface area contributed by atoms with Gasteiger partial charge in [0.25, 0.3) is 0 Å². The van der Waals surface area contributed by atoms with Gasteiger partial charge in [-0.1, -0.05) is 6.07 Å². The van der Waals surface area contributed by atoms with Gasteiger partial charge in [-0.15, -0.1) is 0 Å². The first-order chi connectivity index (χ1) is 9.03. The van der Waals surface area contributed by atoms with Crippen LogP contribution in [0.2, 0.25) is 0 Å². The van der Waals surface area contributed by atoms with Gasteiger partial charge in [0, 0.05) is 13.1 Å². The first-order valence-corrected chi connectivity index (χ1v) is 7.43. The number of anilines is 1. The normalized spacial score (nSPS) is 16.3. The number of methoxy groups -OCH3 is 1. The molecule has 0 unspecified atom stereocenters. The van der Waals surface area contributed by atoms with Gasteiger partial charge in [-0.25, -0.2) is 4.79 Å². The summed E-state index contributed by atoms with van der Waals surface area (Å²) in [5, 5.41) is 0. The van der Waals surface area contributed by atoms with E-state index in [2.05, 4.69) is 9.46 Å². The molecule has 6 nitrogen and oxygen atoms in total. The van der Waals surface area contributed by atoms with Gasteiger partial charge >= 0.3 is 16.2 Å². The van der Waals surface area contributed by atoms with Gasteiger partial charge in [0.05, 0.1) is 18.4 Å². The summed E-state index contributed by atoms with van der Waals surface area (Å²) >= 11 is 0. The summed E-state index contributed by atoms with van der Waals surface area (Å²) in [5.41, 5.74) is 0.666. The molecule has 19 heavy (non-hydrogen) atoms. The summed E-state index contributed by atoms with van der Waals surface area (Å²) in [7, 11) is -2.25. The van der Waals surface area contributed by atoms with Crippen molar-refractivity contribution in [2.75, 3.05) is 24.9 Å². The second-order valence-corrected chi connectivity index (χ2v) is 5.96. The molecule has 1 aromatic rings. The number of hydrogen-bond acceptors (Lipinski definition) is 4. The van der Waals surface area contributed by atoms with E-state index in [1.54, 1.807) is 18.2 Å². The molecular formula is C12H16N2O4S. The molecule has 0 amide bonds. The summed E-state index contributed by atoms with van der Waals surface area (Å²) in [5.74, 6) is -0.498. The van der Waals surface area contributed by atoms with Crippen LogP contribution in [0.25, 0.3) is 0 Å². The molecule has 1 heterocycles. The van der Waals surface area contributed by atoms with E-state index in [0.29, 0.717) is 24.3 Å². The number of benzene rings is 1. The van der Waals surface area contributed by atoms with Crippen molar-refractivity contribution < 1.29 is 17.9 Å². The molecule has 0 aliphatic carbocycles. The third-order valence-corrected chi connectivity index (χ3v) is 4.47. The number of rotatable bonds is 4. The molecule has 1 fully saturated rings. The zero-order chi connectivity index (χ0) is 13.9. The predicted octanol–water partition coefficient (Wildman–Crippen LogP) is 1.23. The number of nitrogens with zero attached hydrogens (tertiary/aromatic N) is 1. The Morgan fingerprint density at radius 1 is 1.32 bits per heavy atom. The van der Waals surface area contributed by atoms with Crippen LogP contribution in [-0.2, 0) is 14.9 Å². The Morgan fingerprint density at radius 3 is 2.63 bits per heavy atom. The minimum atomic E-state index is -3.53. The van der Waals surface area contributed by atoms with E-state index in [1.165, 1.54) is 17.5 Å². The Bertz CT molecular complexity index is 565. The van der Waals surface area contributed by atoms with E-state index in [9.17, 15) is 13.2 Å². The lowest BCUT2D eigenvalue weighted by Crippen LogP contribution is -2.33. The van der Waals surface area contributed by atoms with Gasteiger partial charge in [0.2, 0.25) is 0 Å². The maximum absolute atomic E-state index is 12.1. The maximum atomic E-state index is 12.1. The van der Waals surface area contributed by atoms with Crippen molar-refractivity contribution in [3.63, 3.8) is 0 Å². The molecular weight excluding hydrogens is 268 g/mol. The zero-order valence-electron chi connectivity index (χ0n) is 10.6. The summed E-state index contributed by atoms with van der Waals surface area (Å²) in [6.07, 6.45) is 1.76. The van der Waals surface area contributed by atoms with Gasteiger partial charge in [0.1, 0.15) is 0 Å². The van der Waals surface area contributed by atoms with Crippen LogP contribution in [0.1, 0.15) is 23.2 Å². The summed E-state index contributed by atoms with van der Waals surface area (Å²) in [6, 6.07) is 6.23. The van der Waals surface area contributed by atoms with E-state index in [-0.39, 0.29) is 0 Å². The largest absolute Gasteiger partial charge is 0.465 e. The summed E-state index contributed by atoms with van der Waals surface area (Å²) in [6.45, 7) is 1.07. The standard InChI is InChI=1S/C12H16N2O4S/c1-18-12(15)10-5-4-6-11(9-10)13-19(16,17)14-7-2-3-8-14/h4-6,9,13H,2-3,7-8H2,1H3. The monoisotopic (exact) mass is 284 g/mol. The van der Waals surface area contributed by atoms with Crippen molar-refractivity contribution in [1.82, 2.24) is 4.31 Å². The Balaban J connectivity index is 2.16. The topological polar surface area (TPSA) is 75.7 Å². The molecule has 1 saturated heterocycles. The molecule has 0 radical (unpaired) electrons. The van der Waals surface area contributed by atoms with Gasteiger partial charge in [-0.2, -0.15) is 12.7 Å². The lowest BCUT2D eigenvalue weighted by atomic mass is 10.2. The Labute approximate surface area is 112 Å². The SMILES string of the molecule is COC(=O)c1cccc(NS(=O)(=O)N2CCCC2)c1. The number of esters is 1. The average molecular weight is 284 g/mol. The highest BCUT2D eigenvalue weighted by atomic mass is 32.2. The second kappa shape index (κ2) is 5.58. The molecule has 1 aliphatic rings. The molecule has 2 rings (SSSR count). The van der Waals surface area contributed by atoms with Crippen molar-refractivity contribution in [2.45, 2.75) is 12.8 Å². The summed E-state index contributed by atoms with van der Waals surface area (Å²) < 4.78 is 32.6. The van der Waals surface area contributed by atoms with Crippen molar-refractivity contribution in [1.29, 1.82) is 0 Å². The van der Waals surface area contributed by atoms with Crippen molar-refractivity contribution in [3.05, 3.63) is 29.8 Å². The summed E-state index contributed by atoms with van der Waals surface area (Å²) in [4.78, 5) is 11.4. The number of carbonyl (C=O) groups excluding carboxylic acids is 1. The average Bonchev–Trinajstić information content (AvgIpc) is 2.92. The molecule has 0 bridgehead atoms. The number of hydrogen-bond donors (Lipinski definition) is 1. The second-order valence-electron chi connectivity index (χ2n) is 4.29. The molecule has 1 N–H and O–H groups in total. The van der Waals surface area contributed by atoms with Crippen LogP contribution in [0, 0.1) is 0 Å². The van der Waals surface area contributed by atoms with E-state index in [0.717, 1.165) is 12.8 Å². The fourth-order valence-electron chi connectivity index (χ4n) is 1.97. The molecule has 0 aromatic heterocycles. The van der Waals surface area contributed by atoms with Crippen LogP contribution in [0.15, 0.2) is 24.3 Å². The number of ether oxygens (including phenoxy) is 1. The van der Waals surface area contributed by atoms with Crippen LogP contribution in [0.5, 0.6) is 0 Å². The van der Waals surface area contributed by atoms with Gasteiger partial charge in [0.15, 0.2) is 0 Å². The minimum Gasteiger partial charge on any atom is -0.465 e. The van der Waals surface area contributed by atoms with Crippen LogP contribution < -0.4 is 4.72 Å². The molecule has 0 atom stereocenters. The van der Waals surface area contributed by atoms with Crippen molar-refractivity contribution >= 4 is 21.9 Å². The third kappa shape index (κ3) is 3.24. The molecule has 0 saturated carbocycles. The van der Waals surface area contributed by atoms with Crippen LogP contribution in [0.4, 0.5) is 5.69 Å². The van der Waals surface area contributed by atoms with Crippen LogP contribution in [0.3, 0.4) is 0 Å². The predicted molar refractivity (Wildman–Crippen MR) is 71.1 cm³/mol. The van der Waals surface area contributed by atoms with E-state index in [4.69, 9.17) is 0 Å². The molecule has 1 aliphatic heterocycles. The molecule has 7 heteroatoms. The van der Waals surface area contributed by atoms with Crippen LogP contribution in [-0.4, -0.2) is 38.9 Å². The van der Waals surface area contributed by atoms with E-state index in [1.807, 2.05) is 0 Å². The van der Waals surface area contributed by atoms with Gasteiger partial charge in [-0.3, -0.25) is 4.72 Å². The fraction of sp³-hybridized carbons (Fsp3) is 0.417. The molecule has 104 valence electrons. The first-order valence-electron chi connectivity index (χ1n) is 5.99. The smallest absolute Gasteiger partial charge is 0.337 e. The fourth-order valence-corrected chi connectivity index (χ4v) is 3.26. The Hall–Kier alpha value is -1.60. The maximum Gasteiger partial charge on any atom is 0.337 e. The Morgan fingerprint density at radius 2 is 2.00 bits per heavy atom. The number of nitrogens with one attached hydrogen (secondary N) is 1. The van der Waals surface area contributed by atoms with Crippen molar-refractivity contribution in [2.24, 2.45) is 0 Å². The Kier molecular flexibility index (Phi) is 4.06. The quantitative estimate of drug-likeness (QED) is 0.844. The van der Waals surface area contributed by atoms with E-state index < -0.39 is 16.2 Å². The van der Waals surface area contributed by atoms with Gasteiger partial charge in [-0.05, 0) is 31.0 Å². The third-order valence-electron chi connectivity index (χ3n) is 2.94. The first kappa shape index (κ1) is 13.8. The number of carbonyl (C=O) groups is 1. The van der Waals surface area contributed by atoms with Gasteiger partial charge < -0.3 is 4.74 Å². The minimum absolute atomic E-state index is 0.309. The highest BCUT2D eigenvalue weighted by Crippen LogP contribution is 2.18. The lowest BCUT2D eigenvalue weighted by Gasteiger charge is -2.17. The lowest BCUT2D eigenvalue weighted by molar-refractivity contribution is 0.0601. The van der Waals surface area contributed by atoms with E-state index >= 15 is 0 Å². The highest BCUT2D eigenvalue weighted by Gasteiger charge is 2.25. The molecule has 1 aromatic carbocycles.